The van der Waals surface area contributed by atoms with Gasteiger partial charge in [0.2, 0.25) is 0 Å². The number of benzene rings is 1. The van der Waals surface area contributed by atoms with Crippen LogP contribution in [0, 0.1) is 11.7 Å². The maximum absolute atomic E-state index is 13.6. The van der Waals surface area contributed by atoms with Crippen molar-refractivity contribution in [3.63, 3.8) is 0 Å². The first-order valence-electron chi connectivity index (χ1n) is 6.62. The third kappa shape index (κ3) is 3.68. The van der Waals surface area contributed by atoms with Crippen molar-refractivity contribution in [3.05, 3.63) is 23.0 Å². The predicted octanol–water partition coefficient (Wildman–Crippen LogP) is 4.05. The summed E-state index contributed by atoms with van der Waals surface area (Å²) in [6, 6.07) is 2.84. The Morgan fingerprint density at radius 2 is 2.29 bits per heavy atom. The van der Waals surface area contributed by atoms with Crippen molar-refractivity contribution >= 4 is 40.4 Å². The third-order valence-electron chi connectivity index (χ3n) is 3.27. The Balaban J connectivity index is 2.48. The summed E-state index contributed by atoms with van der Waals surface area (Å²) in [7, 11) is 0. The average Bonchev–Trinajstić information content (AvgIpc) is 2.74. The second-order valence-corrected chi connectivity index (χ2v) is 6.31. The van der Waals surface area contributed by atoms with Gasteiger partial charge in [-0.05, 0) is 12.0 Å². The lowest BCUT2D eigenvalue weighted by Crippen LogP contribution is -2.09. The molecule has 0 aliphatic rings. The van der Waals surface area contributed by atoms with Crippen molar-refractivity contribution in [2.75, 3.05) is 5.75 Å². The minimum Gasteiger partial charge on any atom is -0.481 e. The van der Waals surface area contributed by atoms with E-state index in [-0.39, 0.29) is 10.8 Å². The summed E-state index contributed by atoms with van der Waals surface area (Å²) in [5, 5.41) is 9.44. The van der Waals surface area contributed by atoms with E-state index < -0.39 is 11.8 Å². The smallest absolute Gasteiger partial charge is 0.313 e. The Kier molecular flexibility index (Phi) is 5.11. The standard InChI is InChI=1S/C14H16ClFN2O2S/c1-3-8(2)6-18-12-4-9(15)10(16)5-11(12)17-14(18)21-7-13(19)20/h4-5,8H,3,6-7H2,1-2H3,(H,19,20). The lowest BCUT2D eigenvalue weighted by molar-refractivity contribution is -0.133. The maximum atomic E-state index is 13.6. The number of carbonyl (C=O) groups is 1. The minimum atomic E-state index is -0.911. The normalized spacial score (nSPS) is 12.8. The fourth-order valence-electron chi connectivity index (χ4n) is 1.95. The van der Waals surface area contributed by atoms with Crippen molar-refractivity contribution in [2.45, 2.75) is 32.0 Å². The van der Waals surface area contributed by atoms with Gasteiger partial charge in [0.25, 0.3) is 0 Å². The molecular formula is C14H16ClFN2O2S. The Morgan fingerprint density at radius 1 is 1.57 bits per heavy atom. The summed E-state index contributed by atoms with van der Waals surface area (Å²) < 4.78 is 15.5. The molecule has 1 N–H and O–H groups in total. The molecule has 0 aliphatic heterocycles. The number of thioether (sulfide) groups is 1. The fraction of sp³-hybridized carbons (Fsp3) is 0.429. The second kappa shape index (κ2) is 6.66. The van der Waals surface area contributed by atoms with Gasteiger partial charge < -0.3 is 9.67 Å². The Morgan fingerprint density at radius 3 is 2.90 bits per heavy atom. The van der Waals surface area contributed by atoms with Gasteiger partial charge in [-0.15, -0.1) is 0 Å². The highest BCUT2D eigenvalue weighted by Crippen LogP contribution is 2.29. The van der Waals surface area contributed by atoms with Crippen molar-refractivity contribution in [3.8, 4) is 0 Å². The van der Waals surface area contributed by atoms with Crippen LogP contribution in [0.15, 0.2) is 17.3 Å². The molecule has 114 valence electrons. The summed E-state index contributed by atoms with van der Waals surface area (Å²) in [4.78, 5) is 15.1. The highest BCUT2D eigenvalue weighted by atomic mass is 35.5. The number of rotatable bonds is 6. The van der Waals surface area contributed by atoms with E-state index in [0.717, 1.165) is 23.7 Å². The van der Waals surface area contributed by atoms with E-state index in [1.165, 1.54) is 6.07 Å². The van der Waals surface area contributed by atoms with Gasteiger partial charge >= 0.3 is 5.97 Å². The number of carboxylic acids is 1. The topological polar surface area (TPSA) is 55.1 Å². The number of aliphatic carboxylic acids is 1. The first kappa shape index (κ1) is 16.1. The molecule has 0 spiro atoms. The van der Waals surface area contributed by atoms with Gasteiger partial charge in [-0.25, -0.2) is 9.37 Å². The van der Waals surface area contributed by atoms with E-state index in [4.69, 9.17) is 16.7 Å². The Labute approximate surface area is 131 Å². The zero-order valence-electron chi connectivity index (χ0n) is 11.8. The number of imidazole rings is 1. The number of fused-ring (bicyclic) bond motifs is 1. The molecule has 0 amide bonds. The van der Waals surface area contributed by atoms with Crippen LogP contribution >= 0.6 is 23.4 Å². The zero-order valence-corrected chi connectivity index (χ0v) is 13.3. The largest absolute Gasteiger partial charge is 0.481 e. The molecule has 1 heterocycles. The Bertz CT molecular complexity index is 675. The van der Waals surface area contributed by atoms with E-state index in [1.54, 1.807) is 6.07 Å². The van der Waals surface area contributed by atoms with Crippen LogP contribution in [0.5, 0.6) is 0 Å². The first-order chi connectivity index (χ1) is 9.92. The number of hydrogen-bond acceptors (Lipinski definition) is 3. The van der Waals surface area contributed by atoms with Crippen LogP contribution in [0.4, 0.5) is 4.39 Å². The predicted molar refractivity (Wildman–Crippen MR) is 82.5 cm³/mol. The van der Waals surface area contributed by atoms with Crippen molar-refractivity contribution in [2.24, 2.45) is 5.92 Å². The molecular weight excluding hydrogens is 315 g/mol. The molecule has 2 aromatic rings. The van der Waals surface area contributed by atoms with Crippen LogP contribution in [0.2, 0.25) is 5.02 Å². The van der Waals surface area contributed by atoms with Gasteiger partial charge in [0.1, 0.15) is 5.82 Å². The van der Waals surface area contributed by atoms with Gasteiger partial charge in [0, 0.05) is 12.6 Å². The van der Waals surface area contributed by atoms with Crippen LogP contribution in [-0.2, 0) is 11.3 Å². The number of hydrogen-bond donors (Lipinski definition) is 1. The average molecular weight is 331 g/mol. The van der Waals surface area contributed by atoms with Crippen molar-refractivity contribution < 1.29 is 14.3 Å². The van der Waals surface area contributed by atoms with E-state index in [2.05, 4.69) is 18.8 Å². The monoisotopic (exact) mass is 330 g/mol. The fourth-order valence-corrected chi connectivity index (χ4v) is 2.85. The molecule has 4 nitrogen and oxygen atoms in total. The number of nitrogens with zero attached hydrogens (tertiary/aromatic N) is 2. The van der Waals surface area contributed by atoms with Gasteiger partial charge in [-0.2, -0.15) is 0 Å². The summed E-state index contributed by atoms with van der Waals surface area (Å²) in [6.45, 7) is 4.88. The van der Waals surface area contributed by atoms with Crippen LogP contribution in [0.1, 0.15) is 20.3 Å². The molecule has 21 heavy (non-hydrogen) atoms. The molecule has 1 aromatic carbocycles. The molecule has 2 rings (SSSR count). The van der Waals surface area contributed by atoms with Crippen LogP contribution in [-0.4, -0.2) is 26.4 Å². The lowest BCUT2D eigenvalue weighted by atomic mass is 10.1. The molecule has 0 saturated heterocycles. The van der Waals surface area contributed by atoms with Crippen LogP contribution in [0.3, 0.4) is 0 Å². The SMILES string of the molecule is CCC(C)Cn1c(SCC(=O)O)nc2cc(F)c(Cl)cc21. The Hall–Kier alpha value is -1.27. The van der Waals surface area contributed by atoms with Crippen molar-refractivity contribution in [1.29, 1.82) is 0 Å². The number of halogens is 2. The van der Waals surface area contributed by atoms with Gasteiger partial charge in [-0.1, -0.05) is 43.6 Å². The van der Waals surface area contributed by atoms with Gasteiger partial charge in [0.05, 0.1) is 21.8 Å². The lowest BCUT2D eigenvalue weighted by Gasteiger charge is -2.13. The quantitative estimate of drug-likeness (QED) is 0.812. The minimum absolute atomic E-state index is 0.0441. The molecule has 0 fully saturated rings. The highest BCUT2D eigenvalue weighted by molar-refractivity contribution is 7.99. The zero-order chi connectivity index (χ0) is 15.6. The second-order valence-electron chi connectivity index (χ2n) is 4.96. The maximum Gasteiger partial charge on any atom is 0.313 e. The molecule has 1 unspecified atom stereocenters. The van der Waals surface area contributed by atoms with Crippen molar-refractivity contribution in [1.82, 2.24) is 9.55 Å². The molecule has 0 saturated carbocycles. The van der Waals surface area contributed by atoms with E-state index in [0.29, 0.717) is 23.1 Å². The highest BCUT2D eigenvalue weighted by Gasteiger charge is 2.16. The summed E-state index contributed by atoms with van der Waals surface area (Å²) in [5.41, 5.74) is 1.22. The molecule has 0 aliphatic carbocycles. The van der Waals surface area contributed by atoms with Crippen LogP contribution in [0.25, 0.3) is 11.0 Å². The summed E-state index contributed by atoms with van der Waals surface area (Å²) >= 11 is 6.98. The first-order valence-corrected chi connectivity index (χ1v) is 7.98. The van der Waals surface area contributed by atoms with Gasteiger partial charge in [-0.3, -0.25) is 4.79 Å². The number of carboxylic acid groups (broad SMARTS) is 1. The molecule has 0 radical (unpaired) electrons. The molecule has 7 heteroatoms. The van der Waals surface area contributed by atoms with E-state index >= 15 is 0 Å². The van der Waals surface area contributed by atoms with Gasteiger partial charge in [0.15, 0.2) is 5.16 Å². The number of aromatic nitrogens is 2. The third-order valence-corrected chi connectivity index (χ3v) is 4.52. The van der Waals surface area contributed by atoms with E-state index in [1.807, 2.05) is 4.57 Å². The van der Waals surface area contributed by atoms with Crippen LogP contribution < -0.4 is 0 Å². The summed E-state index contributed by atoms with van der Waals surface area (Å²) in [5.74, 6) is -1.12. The summed E-state index contributed by atoms with van der Waals surface area (Å²) in [6.07, 6.45) is 0.984. The van der Waals surface area contributed by atoms with E-state index in [9.17, 15) is 9.18 Å². The molecule has 1 atom stereocenters. The molecule has 0 bridgehead atoms. The molecule has 1 aromatic heterocycles.